The summed E-state index contributed by atoms with van der Waals surface area (Å²) in [6.07, 6.45) is 0. The lowest BCUT2D eigenvalue weighted by Crippen LogP contribution is -2.41. The Labute approximate surface area is 139 Å². The molecule has 0 atom stereocenters. The first kappa shape index (κ1) is 17.3. The number of carbonyl (C=O) groups is 2. The van der Waals surface area contributed by atoms with Crippen LogP contribution in [0, 0.1) is 20.2 Å². The Morgan fingerprint density at radius 3 is 1.68 bits per heavy atom. The summed E-state index contributed by atoms with van der Waals surface area (Å²) in [5.74, 6) is -1.74. The number of rotatable bonds is 4. The minimum Gasteiger partial charge on any atom is -0.508 e. The molecule has 0 bridgehead atoms. The van der Waals surface area contributed by atoms with Crippen LogP contribution in [0.5, 0.6) is 5.75 Å². The summed E-state index contributed by atoms with van der Waals surface area (Å²) >= 11 is 0. The quantitative estimate of drug-likeness (QED) is 0.554. The molecule has 0 radical (unpaired) electrons. The van der Waals surface area contributed by atoms with Crippen molar-refractivity contribution in [3.05, 3.63) is 73.8 Å². The first-order chi connectivity index (χ1) is 11.8. The number of hydrogen-bond donors (Lipinski definition) is 3. The van der Waals surface area contributed by atoms with E-state index in [4.69, 9.17) is 5.11 Å². The number of non-ortho nitro benzene ring substituents is 2. The second-order valence-corrected chi connectivity index (χ2v) is 4.71. The lowest BCUT2D eigenvalue weighted by atomic mass is 10.1. The number of phenolic OH excluding ortho intramolecular Hbond substituents is 1. The van der Waals surface area contributed by atoms with Gasteiger partial charge in [-0.1, -0.05) is 0 Å². The first-order valence-corrected chi connectivity index (χ1v) is 6.61. The monoisotopic (exact) mass is 346 g/mol. The summed E-state index contributed by atoms with van der Waals surface area (Å²) in [4.78, 5) is 43.6. The molecule has 0 spiro atoms. The highest BCUT2D eigenvalue weighted by atomic mass is 16.6. The smallest absolute Gasteiger partial charge is 0.277 e. The van der Waals surface area contributed by atoms with E-state index in [0.29, 0.717) is 6.07 Å². The average Bonchev–Trinajstić information content (AvgIpc) is 2.59. The molecule has 0 fully saturated rings. The molecule has 2 rings (SSSR count). The predicted molar refractivity (Wildman–Crippen MR) is 82.8 cm³/mol. The van der Waals surface area contributed by atoms with Crippen molar-refractivity contribution in [1.29, 1.82) is 0 Å². The SMILES string of the molecule is O=C(NNC(=O)c1cc([N+](=O)[O-])cc([N+](=O)[O-])c1)c1ccc(O)cc1. The molecule has 0 saturated heterocycles. The van der Waals surface area contributed by atoms with E-state index in [1.807, 2.05) is 5.43 Å². The molecule has 11 nitrogen and oxygen atoms in total. The van der Waals surface area contributed by atoms with E-state index in [9.17, 15) is 29.8 Å². The molecule has 0 aliphatic heterocycles. The number of nitro groups is 2. The molecule has 3 N–H and O–H groups in total. The largest absolute Gasteiger partial charge is 0.508 e. The van der Waals surface area contributed by atoms with Crippen LogP contribution in [0.15, 0.2) is 42.5 Å². The Hall–Kier alpha value is -4.02. The molecule has 0 aliphatic rings. The van der Waals surface area contributed by atoms with Gasteiger partial charge in [0.2, 0.25) is 0 Å². The van der Waals surface area contributed by atoms with Crippen LogP contribution in [-0.2, 0) is 0 Å². The fourth-order valence-corrected chi connectivity index (χ4v) is 1.81. The van der Waals surface area contributed by atoms with Crippen LogP contribution in [-0.4, -0.2) is 26.8 Å². The molecule has 0 unspecified atom stereocenters. The van der Waals surface area contributed by atoms with Gasteiger partial charge in [-0.05, 0) is 24.3 Å². The topological polar surface area (TPSA) is 165 Å². The lowest BCUT2D eigenvalue weighted by molar-refractivity contribution is -0.394. The Bertz CT molecular complexity index is 832. The summed E-state index contributed by atoms with van der Waals surface area (Å²) < 4.78 is 0. The zero-order valence-electron chi connectivity index (χ0n) is 12.3. The van der Waals surface area contributed by atoms with Crippen molar-refractivity contribution in [2.24, 2.45) is 0 Å². The number of nitrogens with zero attached hydrogens (tertiary/aromatic N) is 2. The number of hydrogen-bond acceptors (Lipinski definition) is 7. The van der Waals surface area contributed by atoms with Gasteiger partial charge in [0, 0.05) is 17.7 Å². The summed E-state index contributed by atoms with van der Waals surface area (Å²) in [5.41, 5.74) is 2.54. The van der Waals surface area contributed by atoms with Crippen LogP contribution < -0.4 is 10.9 Å². The molecule has 0 saturated carbocycles. The molecule has 25 heavy (non-hydrogen) atoms. The van der Waals surface area contributed by atoms with Gasteiger partial charge in [-0.25, -0.2) is 0 Å². The second kappa shape index (κ2) is 7.04. The molecule has 2 aromatic carbocycles. The maximum atomic E-state index is 12.0. The highest BCUT2D eigenvalue weighted by molar-refractivity contribution is 5.99. The van der Waals surface area contributed by atoms with Crippen LogP contribution in [0.2, 0.25) is 0 Å². The van der Waals surface area contributed by atoms with E-state index in [0.717, 1.165) is 12.1 Å². The zero-order valence-corrected chi connectivity index (χ0v) is 12.3. The number of phenols is 1. The van der Waals surface area contributed by atoms with Gasteiger partial charge < -0.3 is 5.11 Å². The van der Waals surface area contributed by atoms with Gasteiger partial charge in [0.1, 0.15) is 5.75 Å². The Kier molecular flexibility index (Phi) is 4.88. The number of aromatic hydroxyl groups is 1. The molecule has 128 valence electrons. The maximum Gasteiger partial charge on any atom is 0.277 e. The molecule has 0 aromatic heterocycles. The molecular weight excluding hydrogens is 336 g/mol. The van der Waals surface area contributed by atoms with Crippen molar-refractivity contribution in [1.82, 2.24) is 10.9 Å². The molecule has 0 heterocycles. The van der Waals surface area contributed by atoms with Crippen LogP contribution in [0.3, 0.4) is 0 Å². The van der Waals surface area contributed by atoms with E-state index in [1.165, 1.54) is 24.3 Å². The van der Waals surface area contributed by atoms with Crippen molar-refractivity contribution >= 4 is 23.2 Å². The van der Waals surface area contributed by atoms with Gasteiger partial charge in [-0.3, -0.25) is 40.7 Å². The molecule has 2 amide bonds. The van der Waals surface area contributed by atoms with Gasteiger partial charge in [-0.2, -0.15) is 0 Å². The maximum absolute atomic E-state index is 12.0. The van der Waals surface area contributed by atoms with E-state index >= 15 is 0 Å². The third-order valence-electron chi connectivity index (χ3n) is 3.01. The summed E-state index contributed by atoms with van der Waals surface area (Å²) in [6.45, 7) is 0. The summed E-state index contributed by atoms with van der Waals surface area (Å²) in [5, 5.41) is 30.7. The number of nitro benzene ring substituents is 2. The molecule has 11 heteroatoms. The molecular formula is C14H10N4O7. The van der Waals surface area contributed by atoms with Crippen LogP contribution >= 0.6 is 0 Å². The van der Waals surface area contributed by atoms with Crippen molar-refractivity contribution in [2.45, 2.75) is 0 Å². The van der Waals surface area contributed by atoms with Gasteiger partial charge >= 0.3 is 0 Å². The second-order valence-electron chi connectivity index (χ2n) is 4.71. The fraction of sp³-hybridized carbons (Fsp3) is 0. The Balaban J connectivity index is 2.14. The van der Waals surface area contributed by atoms with Gasteiger partial charge in [-0.15, -0.1) is 0 Å². The third kappa shape index (κ3) is 4.25. The van der Waals surface area contributed by atoms with Crippen molar-refractivity contribution in [3.8, 4) is 5.75 Å². The highest BCUT2D eigenvalue weighted by Crippen LogP contribution is 2.22. The van der Waals surface area contributed by atoms with E-state index < -0.39 is 33.0 Å². The zero-order chi connectivity index (χ0) is 18.6. The van der Waals surface area contributed by atoms with Crippen molar-refractivity contribution in [2.75, 3.05) is 0 Å². The van der Waals surface area contributed by atoms with Gasteiger partial charge in [0.15, 0.2) is 0 Å². The van der Waals surface area contributed by atoms with Gasteiger partial charge in [0.25, 0.3) is 23.2 Å². The minimum absolute atomic E-state index is 0.0514. The Morgan fingerprint density at radius 1 is 0.800 bits per heavy atom. The van der Waals surface area contributed by atoms with E-state index in [-0.39, 0.29) is 16.9 Å². The van der Waals surface area contributed by atoms with Crippen LogP contribution in [0.1, 0.15) is 20.7 Å². The highest BCUT2D eigenvalue weighted by Gasteiger charge is 2.20. The number of nitrogens with one attached hydrogen (secondary N) is 2. The van der Waals surface area contributed by atoms with E-state index in [1.54, 1.807) is 0 Å². The third-order valence-corrected chi connectivity index (χ3v) is 3.01. The van der Waals surface area contributed by atoms with E-state index in [2.05, 4.69) is 5.43 Å². The number of benzene rings is 2. The fourth-order valence-electron chi connectivity index (χ4n) is 1.81. The predicted octanol–water partition coefficient (Wildman–Crippen LogP) is 1.28. The molecule has 2 aromatic rings. The number of amides is 2. The lowest BCUT2D eigenvalue weighted by Gasteiger charge is -2.07. The molecule has 0 aliphatic carbocycles. The standard InChI is InChI=1S/C14H10N4O7/c19-12-3-1-8(2-4-12)13(20)15-16-14(21)9-5-10(17(22)23)7-11(6-9)18(24)25/h1-7,19H,(H,15,20)(H,16,21). The number of hydrazine groups is 1. The summed E-state index contributed by atoms with van der Waals surface area (Å²) in [6, 6.07) is 7.53. The first-order valence-electron chi connectivity index (χ1n) is 6.61. The van der Waals surface area contributed by atoms with Crippen LogP contribution in [0.4, 0.5) is 11.4 Å². The van der Waals surface area contributed by atoms with Crippen molar-refractivity contribution in [3.63, 3.8) is 0 Å². The van der Waals surface area contributed by atoms with Gasteiger partial charge in [0.05, 0.1) is 21.5 Å². The summed E-state index contributed by atoms with van der Waals surface area (Å²) in [7, 11) is 0. The minimum atomic E-state index is -0.973. The number of carbonyl (C=O) groups excluding carboxylic acids is 2. The average molecular weight is 346 g/mol. The normalized spacial score (nSPS) is 9.92. The van der Waals surface area contributed by atoms with Crippen molar-refractivity contribution < 1.29 is 24.5 Å². The van der Waals surface area contributed by atoms with Crippen LogP contribution in [0.25, 0.3) is 0 Å². The Morgan fingerprint density at radius 2 is 1.24 bits per heavy atom.